The van der Waals surface area contributed by atoms with Crippen molar-refractivity contribution in [3.05, 3.63) is 112 Å². The molecule has 2 fully saturated rings. The fourth-order valence-electron chi connectivity index (χ4n) is 6.75. The number of hydrogen-bond donors (Lipinski definition) is 2. The molecule has 7 rings (SSSR count). The second-order valence-electron chi connectivity index (χ2n) is 12.8. The van der Waals surface area contributed by atoms with E-state index in [1.165, 1.54) is 6.33 Å². The van der Waals surface area contributed by atoms with Gasteiger partial charge in [-0.05, 0) is 47.9 Å². The van der Waals surface area contributed by atoms with Gasteiger partial charge in [0.05, 0.1) is 33.3 Å². The van der Waals surface area contributed by atoms with Crippen molar-refractivity contribution in [3.63, 3.8) is 0 Å². The molecule has 49 heavy (non-hydrogen) atoms. The van der Waals surface area contributed by atoms with Gasteiger partial charge in [-0.1, -0.05) is 68.4 Å². The zero-order valence-corrected chi connectivity index (χ0v) is 28.0. The van der Waals surface area contributed by atoms with Gasteiger partial charge in [0.1, 0.15) is 28.8 Å². The summed E-state index contributed by atoms with van der Waals surface area (Å²) in [6, 6.07) is 25.8. The number of aromatic amines is 1. The first-order chi connectivity index (χ1) is 23.7. The molecule has 0 radical (unpaired) electrons. The highest BCUT2D eigenvalue weighted by molar-refractivity contribution is 5.91. The van der Waals surface area contributed by atoms with E-state index in [9.17, 15) is 9.59 Å². The van der Waals surface area contributed by atoms with Crippen molar-refractivity contribution in [3.8, 4) is 11.5 Å². The third-order valence-corrected chi connectivity index (χ3v) is 9.52. The first-order valence-electron chi connectivity index (χ1n) is 16.3. The lowest BCUT2D eigenvalue weighted by atomic mass is 9.79. The minimum absolute atomic E-state index is 0.0417. The molecular weight excluding hydrogens is 626 g/mol. The van der Waals surface area contributed by atoms with Gasteiger partial charge >= 0.3 is 0 Å². The van der Waals surface area contributed by atoms with E-state index in [1.54, 1.807) is 32.6 Å². The molecule has 2 N–H and O–H groups in total. The molecular formula is C37H39N5O7. The Morgan fingerprint density at radius 2 is 1.61 bits per heavy atom. The van der Waals surface area contributed by atoms with Gasteiger partial charge in [0.15, 0.2) is 17.4 Å². The number of methoxy groups -OCH3 is 2. The Hall–Kier alpha value is -5.04. The number of carbonyl (C=O) groups is 1. The molecule has 2 aromatic heterocycles. The number of H-pyrrole nitrogens is 1. The number of benzene rings is 3. The van der Waals surface area contributed by atoms with Crippen LogP contribution in [-0.4, -0.2) is 64.1 Å². The lowest BCUT2D eigenvalue weighted by molar-refractivity contribution is -0.227. The number of aromatic nitrogens is 4. The maximum atomic E-state index is 12.9. The third-order valence-electron chi connectivity index (χ3n) is 9.52. The number of nitrogens with one attached hydrogen (secondary N) is 2. The summed E-state index contributed by atoms with van der Waals surface area (Å²) in [6.07, 6.45) is 0.757. The van der Waals surface area contributed by atoms with E-state index in [4.69, 9.17) is 23.7 Å². The smallest absolute Gasteiger partial charge is 0.280 e. The van der Waals surface area contributed by atoms with E-state index in [0.29, 0.717) is 6.42 Å². The Morgan fingerprint density at radius 3 is 2.20 bits per heavy atom. The summed E-state index contributed by atoms with van der Waals surface area (Å²) >= 11 is 0. The SMILES string of the molecule is COc1ccc(C(OCC23CC(OC2C)C(n2cnc4c(=O)[nH]c(NC(=O)C(C)C)nc42)O3)(c2ccccc2)c2ccc(OC)cc2)cc1. The summed E-state index contributed by atoms with van der Waals surface area (Å²) < 4.78 is 33.3. The lowest BCUT2D eigenvalue weighted by Crippen LogP contribution is -2.48. The minimum Gasteiger partial charge on any atom is -0.497 e. The largest absolute Gasteiger partial charge is 0.497 e. The Balaban J connectivity index is 1.27. The molecule has 2 saturated heterocycles. The highest BCUT2D eigenvalue weighted by Crippen LogP contribution is 2.51. The first kappa shape index (κ1) is 32.5. The predicted octanol–water partition coefficient (Wildman–Crippen LogP) is 5.19. The summed E-state index contributed by atoms with van der Waals surface area (Å²) in [6.45, 7) is 5.67. The zero-order valence-electron chi connectivity index (χ0n) is 28.0. The van der Waals surface area contributed by atoms with Crippen LogP contribution in [-0.2, 0) is 24.6 Å². The summed E-state index contributed by atoms with van der Waals surface area (Å²) in [5.74, 6) is 0.935. The number of anilines is 1. The molecule has 254 valence electrons. The molecule has 4 heterocycles. The Labute approximate surface area is 283 Å². The molecule has 0 spiro atoms. The van der Waals surface area contributed by atoms with Crippen LogP contribution in [0.2, 0.25) is 0 Å². The van der Waals surface area contributed by atoms with E-state index >= 15 is 0 Å². The van der Waals surface area contributed by atoms with Crippen LogP contribution in [0.25, 0.3) is 11.2 Å². The van der Waals surface area contributed by atoms with Crippen LogP contribution >= 0.6 is 0 Å². The molecule has 3 aromatic carbocycles. The second kappa shape index (κ2) is 12.8. The van der Waals surface area contributed by atoms with Crippen LogP contribution in [0.15, 0.2) is 90.0 Å². The third kappa shape index (κ3) is 5.65. The standard InChI is InChI=1S/C37H39N5O7/c1-22(2)32(43)40-35-39-31-30(33(44)41-35)38-21-42(31)34-29-19-36(49-34,23(3)48-29)20-47-37(24-9-7-6-8-10-24,25-11-15-27(45-4)16-12-25)26-13-17-28(46-5)18-14-26/h6-18,21-23,29,34H,19-20H2,1-5H3,(H2,39,40,41,43,44). The molecule has 1 amide bonds. The van der Waals surface area contributed by atoms with Crippen LogP contribution in [0, 0.1) is 5.92 Å². The van der Waals surface area contributed by atoms with Crippen LogP contribution < -0.4 is 20.3 Å². The molecule has 4 unspecified atom stereocenters. The average Bonchev–Trinajstić information content (AvgIpc) is 3.81. The van der Waals surface area contributed by atoms with E-state index < -0.39 is 23.0 Å². The van der Waals surface area contributed by atoms with Crippen LogP contribution in [0.5, 0.6) is 11.5 Å². The van der Waals surface area contributed by atoms with Gasteiger partial charge < -0.3 is 23.7 Å². The minimum atomic E-state index is -1.05. The number of imidazole rings is 1. The first-order valence-corrected chi connectivity index (χ1v) is 16.3. The number of carbonyl (C=O) groups excluding carboxylic acids is 1. The fourth-order valence-corrected chi connectivity index (χ4v) is 6.75. The molecule has 2 aliphatic rings. The lowest BCUT2D eigenvalue weighted by Gasteiger charge is -2.41. The number of ether oxygens (including phenoxy) is 5. The highest BCUT2D eigenvalue weighted by atomic mass is 16.6. The van der Waals surface area contributed by atoms with Crippen molar-refractivity contribution in [2.75, 3.05) is 26.1 Å². The Kier molecular flexibility index (Phi) is 8.47. The molecule has 2 bridgehead atoms. The van der Waals surface area contributed by atoms with Gasteiger partial charge in [-0.2, -0.15) is 4.98 Å². The number of hydrogen-bond acceptors (Lipinski definition) is 9. The number of nitrogens with zero attached hydrogens (tertiary/aromatic N) is 3. The van der Waals surface area contributed by atoms with Crippen molar-refractivity contribution in [1.82, 2.24) is 19.5 Å². The molecule has 12 nitrogen and oxygen atoms in total. The average molecular weight is 666 g/mol. The van der Waals surface area contributed by atoms with E-state index in [2.05, 4.69) is 32.4 Å². The van der Waals surface area contributed by atoms with Gasteiger partial charge in [-0.3, -0.25) is 24.5 Å². The summed E-state index contributed by atoms with van der Waals surface area (Å²) in [4.78, 5) is 36.8. The maximum Gasteiger partial charge on any atom is 0.280 e. The predicted molar refractivity (Wildman–Crippen MR) is 182 cm³/mol. The quantitative estimate of drug-likeness (QED) is 0.183. The Bertz CT molecular complexity index is 1960. The molecule has 4 atom stereocenters. The van der Waals surface area contributed by atoms with E-state index in [0.717, 1.165) is 28.2 Å². The van der Waals surface area contributed by atoms with Crippen molar-refractivity contribution < 1.29 is 28.5 Å². The number of fused-ring (bicyclic) bond motifs is 3. The maximum absolute atomic E-state index is 12.9. The van der Waals surface area contributed by atoms with E-state index in [1.807, 2.05) is 73.7 Å². The zero-order chi connectivity index (χ0) is 34.3. The fraction of sp³-hybridized carbons (Fsp3) is 0.351. The summed E-state index contributed by atoms with van der Waals surface area (Å²) in [5.41, 5.74) is 0.785. The number of rotatable bonds is 11. The van der Waals surface area contributed by atoms with Gasteiger partial charge in [-0.15, -0.1) is 0 Å². The van der Waals surface area contributed by atoms with Crippen molar-refractivity contribution in [2.24, 2.45) is 5.92 Å². The van der Waals surface area contributed by atoms with Gasteiger partial charge in [-0.25, -0.2) is 4.98 Å². The normalized spacial score (nSPS) is 21.7. The summed E-state index contributed by atoms with van der Waals surface area (Å²) in [5, 5.41) is 2.67. The van der Waals surface area contributed by atoms with Crippen molar-refractivity contribution in [2.45, 2.75) is 56.8 Å². The monoisotopic (exact) mass is 665 g/mol. The van der Waals surface area contributed by atoms with Crippen LogP contribution in [0.4, 0.5) is 5.95 Å². The van der Waals surface area contributed by atoms with Gasteiger partial charge in [0.2, 0.25) is 11.9 Å². The molecule has 0 aliphatic carbocycles. The molecule has 5 aromatic rings. The number of amides is 1. The summed E-state index contributed by atoms with van der Waals surface area (Å²) in [7, 11) is 3.28. The van der Waals surface area contributed by atoms with Crippen molar-refractivity contribution >= 4 is 23.0 Å². The van der Waals surface area contributed by atoms with Crippen LogP contribution in [0.3, 0.4) is 0 Å². The Morgan fingerprint density at radius 1 is 1.00 bits per heavy atom. The molecule has 12 heteroatoms. The molecule has 0 saturated carbocycles. The van der Waals surface area contributed by atoms with Gasteiger partial charge in [0.25, 0.3) is 5.56 Å². The van der Waals surface area contributed by atoms with Crippen molar-refractivity contribution in [1.29, 1.82) is 0 Å². The van der Waals surface area contributed by atoms with Crippen LogP contribution in [0.1, 0.15) is 50.1 Å². The topological polar surface area (TPSA) is 139 Å². The van der Waals surface area contributed by atoms with E-state index in [-0.39, 0.29) is 47.8 Å². The highest BCUT2D eigenvalue weighted by Gasteiger charge is 2.60. The van der Waals surface area contributed by atoms with Gasteiger partial charge in [0, 0.05) is 12.3 Å². The molecule has 2 aliphatic heterocycles. The second-order valence-corrected chi connectivity index (χ2v) is 12.8.